The Bertz CT molecular complexity index is 361. The number of nitrogens with zero attached hydrogens (tertiary/aromatic N) is 1. The summed E-state index contributed by atoms with van der Waals surface area (Å²) in [5.74, 6) is -0.955. The molecular weight excluding hydrogens is 192 g/mol. The summed E-state index contributed by atoms with van der Waals surface area (Å²) in [6, 6.07) is 6.68. The van der Waals surface area contributed by atoms with Crippen molar-refractivity contribution in [3.05, 3.63) is 29.8 Å². The van der Waals surface area contributed by atoms with Gasteiger partial charge in [0.2, 0.25) is 0 Å². The van der Waals surface area contributed by atoms with Crippen LogP contribution < -0.4 is 5.43 Å². The number of anilines is 1. The lowest BCUT2D eigenvalue weighted by atomic mass is 10.2. The summed E-state index contributed by atoms with van der Waals surface area (Å²) in [7, 11) is 0. The molecule has 0 spiro atoms. The fourth-order valence-electron chi connectivity index (χ4n) is 1.08. The number of hydrogen-bond donors (Lipinski definition) is 2. The maximum atomic E-state index is 10.8. The van der Waals surface area contributed by atoms with E-state index in [2.05, 4.69) is 17.5 Å². The molecule has 0 heterocycles. The smallest absolute Gasteiger partial charge is 0.337 e. The molecule has 4 heteroatoms. The first-order valence-corrected chi connectivity index (χ1v) is 4.85. The van der Waals surface area contributed by atoms with Crippen LogP contribution in [0.5, 0.6) is 0 Å². The molecule has 15 heavy (non-hydrogen) atoms. The van der Waals surface area contributed by atoms with Crippen LogP contribution in [0, 0.1) is 0 Å². The monoisotopic (exact) mass is 206 g/mol. The first-order valence-electron chi connectivity index (χ1n) is 4.85. The molecule has 0 saturated carbocycles. The van der Waals surface area contributed by atoms with Gasteiger partial charge in [-0.15, -0.1) is 0 Å². The zero-order chi connectivity index (χ0) is 11.1. The Labute approximate surface area is 88.6 Å². The minimum atomic E-state index is -0.955. The lowest BCUT2D eigenvalue weighted by Crippen LogP contribution is -2.01. The molecule has 4 nitrogen and oxygen atoms in total. The Kier molecular flexibility index (Phi) is 4.34. The van der Waals surface area contributed by atoms with Crippen LogP contribution in [0.2, 0.25) is 0 Å². The van der Waals surface area contributed by atoms with E-state index in [4.69, 9.17) is 5.11 Å². The topological polar surface area (TPSA) is 61.7 Å². The predicted octanol–water partition coefficient (Wildman–Crippen LogP) is 2.58. The summed E-state index contributed by atoms with van der Waals surface area (Å²) in [6.07, 6.45) is 3.63. The van der Waals surface area contributed by atoms with Crippen molar-refractivity contribution in [3.8, 4) is 0 Å². The van der Waals surface area contributed by atoms with Gasteiger partial charge in [-0.2, -0.15) is 5.10 Å². The molecule has 0 aliphatic carbocycles. The molecule has 0 unspecified atom stereocenters. The zero-order valence-corrected chi connectivity index (χ0v) is 8.60. The summed E-state index contributed by atoms with van der Waals surface area (Å²) >= 11 is 0. The minimum absolute atomic E-state index is 0.228. The van der Waals surface area contributed by atoms with E-state index >= 15 is 0 Å². The van der Waals surface area contributed by atoms with Gasteiger partial charge in [-0.05, 0) is 18.6 Å². The Morgan fingerprint density at radius 3 is 2.93 bits per heavy atom. The highest BCUT2D eigenvalue weighted by Gasteiger charge is 2.07. The molecule has 1 rings (SSSR count). The highest BCUT2D eigenvalue weighted by atomic mass is 16.4. The number of para-hydroxylation sites is 1. The minimum Gasteiger partial charge on any atom is -0.478 e. The molecule has 0 saturated heterocycles. The summed E-state index contributed by atoms with van der Waals surface area (Å²) in [5.41, 5.74) is 3.46. The van der Waals surface area contributed by atoms with E-state index in [0.29, 0.717) is 5.69 Å². The second-order valence-electron chi connectivity index (χ2n) is 3.06. The normalized spacial score (nSPS) is 10.5. The molecular formula is C11H14N2O2. The third-order valence-electron chi connectivity index (χ3n) is 1.85. The molecule has 2 N–H and O–H groups in total. The lowest BCUT2D eigenvalue weighted by Gasteiger charge is -2.03. The van der Waals surface area contributed by atoms with E-state index in [0.717, 1.165) is 12.8 Å². The Morgan fingerprint density at radius 1 is 1.53 bits per heavy atom. The first-order chi connectivity index (χ1) is 7.25. The largest absolute Gasteiger partial charge is 0.478 e. The molecule has 0 bridgehead atoms. The Balaban J connectivity index is 2.71. The second kappa shape index (κ2) is 5.80. The van der Waals surface area contributed by atoms with Crippen LogP contribution in [0.25, 0.3) is 0 Å². The summed E-state index contributed by atoms with van der Waals surface area (Å²) in [5, 5.41) is 12.8. The third-order valence-corrected chi connectivity index (χ3v) is 1.85. The van der Waals surface area contributed by atoms with Crippen LogP contribution in [0.1, 0.15) is 30.1 Å². The van der Waals surface area contributed by atoms with Crippen LogP contribution in [-0.2, 0) is 0 Å². The van der Waals surface area contributed by atoms with E-state index in [9.17, 15) is 4.79 Å². The van der Waals surface area contributed by atoms with Gasteiger partial charge in [0.1, 0.15) is 0 Å². The van der Waals surface area contributed by atoms with Crippen LogP contribution in [-0.4, -0.2) is 17.3 Å². The molecule has 1 aromatic rings. The van der Waals surface area contributed by atoms with Gasteiger partial charge < -0.3 is 5.11 Å². The number of hydrogen-bond acceptors (Lipinski definition) is 3. The van der Waals surface area contributed by atoms with Gasteiger partial charge in [0.25, 0.3) is 0 Å². The predicted molar refractivity (Wildman–Crippen MR) is 60.4 cm³/mol. The molecule has 0 fully saturated rings. The Hall–Kier alpha value is -1.84. The van der Waals surface area contributed by atoms with Crippen molar-refractivity contribution in [2.24, 2.45) is 5.10 Å². The molecule has 0 amide bonds. The highest BCUT2D eigenvalue weighted by Crippen LogP contribution is 2.14. The zero-order valence-electron chi connectivity index (χ0n) is 8.60. The van der Waals surface area contributed by atoms with E-state index < -0.39 is 5.97 Å². The lowest BCUT2D eigenvalue weighted by molar-refractivity contribution is 0.0698. The molecule has 0 atom stereocenters. The van der Waals surface area contributed by atoms with E-state index in [1.807, 2.05) is 0 Å². The van der Waals surface area contributed by atoms with Gasteiger partial charge in [-0.25, -0.2) is 4.79 Å². The highest BCUT2D eigenvalue weighted by molar-refractivity contribution is 5.94. The number of hydrazone groups is 1. The van der Waals surface area contributed by atoms with Gasteiger partial charge in [-0.1, -0.05) is 25.5 Å². The van der Waals surface area contributed by atoms with Crippen LogP contribution in [0.4, 0.5) is 5.69 Å². The van der Waals surface area contributed by atoms with Crippen molar-refractivity contribution >= 4 is 17.9 Å². The number of rotatable bonds is 5. The van der Waals surface area contributed by atoms with Gasteiger partial charge in [0, 0.05) is 6.21 Å². The number of carboxylic acid groups (broad SMARTS) is 1. The van der Waals surface area contributed by atoms with Crippen molar-refractivity contribution in [3.63, 3.8) is 0 Å². The Morgan fingerprint density at radius 2 is 2.27 bits per heavy atom. The molecule has 80 valence electrons. The van der Waals surface area contributed by atoms with E-state index in [1.54, 1.807) is 30.5 Å². The second-order valence-corrected chi connectivity index (χ2v) is 3.06. The van der Waals surface area contributed by atoms with Crippen LogP contribution in [0.3, 0.4) is 0 Å². The number of unbranched alkanes of at least 4 members (excludes halogenated alkanes) is 1. The SMILES string of the molecule is CCC/C=N/Nc1ccccc1C(=O)O. The van der Waals surface area contributed by atoms with Crippen molar-refractivity contribution < 1.29 is 9.90 Å². The molecule has 0 radical (unpaired) electrons. The number of benzene rings is 1. The fraction of sp³-hybridized carbons (Fsp3) is 0.273. The molecule has 0 aromatic heterocycles. The standard InChI is InChI=1S/C11H14N2O2/c1-2-3-8-12-13-10-7-5-4-6-9(10)11(14)15/h4-8,13H,2-3H2,1H3,(H,14,15)/b12-8+. The van der Waals surface area contributed by atoms with Crippen molar-refractivity contribution in [1.82, 2.24) is 0 Å². The van der Waals surface area contributed by atoms with E-state index in [-0.39, 0.29) is 5.56 Å². The molecule has 0 aliphatic heterocycles. The number of aromatic carboxylic acids is 1. The van der Waals surface area contributed by atoms with Gasteiger partial charge >= 0.3 is 5.97 Å². The fourth-order valence-corrected chi connectivity index (χ4v) is 1.08. The average molecular weight is 206 g/mol. The van der Waals surface area contributed by atoms with Crippen LogP contribution in [0.15, 0.2) is 29.4 Å². The average Bonchev–Trinajstić information content (AvgIpc) is 2.25. The summed E-state index contributed by atoms with van der Waals surface area (Å²) in [6.45, 7) is 2.05. The van der Waals surface area contributed by atoms with Gasteiger partial charge in [-0.3, -0.25) is 5.43 Å². The van der Waals surface area contributed by atoms with E-state index in [1.165, 1.54) is 0 Å². The first kappa shape index (κ1) is 11.2. The summed E-state index contributed by atoms with van der Waals surface area (Å²) < 4.78 is 0. The van der Waals surface area contributed by atoms with Gasteiger partial charge in [0.05, 0.1) is 11.3 Å². The summed E-state index contributed by atoms with van der Waals surface area (Å²) in [4.78, 5) is 10.8. The molecule has 1 aromatic carbocycles. The van der Waals surface area contributed by atoms with Crippen molar-refractivity contribution in [2.45, 2.75) is 19.8 Å². The quantitative estimate of drug-likeness (QED) is 0.575. The maximum absolute atomic E-state index is 10.8. The van der Waals surface area contributed by atoms with Crippen molar-refractivity contribution in [2.75, 3.05) is 5.43 Å². The van der Waals surface area contributed by atoms with Crippen molar-refractivity contribution in [1.29, 1.82) is 0 Å². The third kappa shape index (κ3) is 3.42. The maximum Gasteiger partial charge on any atom is 0.337 e. The van der Waals surface area contributed by atoms with Crippen LogP contribution >= 0.6 is 0 Å². The molecule has 0 aliphatic rings. The van der Waals surface area contributed by atoms with Gasteiger partial charge in [0.15, 0.2) is 0 Å². The number of nitrogens with one attached hydrogen (secondary N) is 1. The number of carboxylic acids is 1. The number of carbonyl (C=O) groups is 1.